The summed E-state index contributed by atoms with van der Waals surface area (Å²) in [6.45, 7) is 2.75. The predicted octanol–water partition coefficient (Wildman–Crippen LogP) is 2.75. The van der Waals surface area contributed by atoms with E-state index in [0.717, 1.165) is 44.9 Å². The zero-order valence-corrected chi connectivity index (χ0v) is 18.5. The Labute approximate surface area is 178 Å². The van der Waals surface area contributed by atoms with Crippen molar-refractivity contribution < 1.29 is 4.79 Å². The number of likely N-dealkylation sites (tertiary alicyclic amines) is 1. The first-order valence-corrected chi connectivity index (χ1v) is 9.42. The molecule has 0 unspecified atom stereocenters. The van der Waals surface area contributed by atoms with Crippen LogP contribution in [0.2, 0.25) is 0 Å². The predicted molar refractivity (Wildman–Crippen MR) is 122 cm³/mol. The van der Waals surface area contributed by atoms with Crippen LogP contribution in [0.15, 0.2) is 35.3 Å². The molecule has 148 valence electrons. The van der Waals surface area contributed by atoms with Gasteiger partial charge < -0.3 is 20.5 Å². The second-order valence-electron chi connectivity index (χ2n) is 6.91. The highest BCUT2D eigenvalue weighted by atomic mass is 127. The van der Waals surface area contributed by atoms with Gasteiger partial charge in [0.15, 0.2) is 5.96 Å². The molecule has 3 N–H and O–H groups in total. The van der Waals surface area contributed by atoms with Crippen molar-refractivity contribution in [2.75, 3.05) is 33.7 Å². The molecule has 0 spiro atoms. The number of piperidine rings is 1. The number of H-pyrrole nitrogens is 1. The van der Waals surface area contributed by atoms with Crippen LogP contribution in [0, 0.1) is 5.92 Å². The highest BCUT2D eigenvalue weighted by Gasteiger charge is 2.22. The maximum atomic E-state index is 11.5. The van der Waals surface area contributed by atoms with Crippen molar-refractivity contribution in [3.8, 4) is 0 Å². The number of nitrogens with zero attached hydrogens (tertiary/aromatic N) is 2. The summed E-state index contributed by atoms with van der Waals surface area (Å²) in [5.41, 5.74) is 2.42. The average molecular weight is 483 g/mol. The van der Waals surface area contributed by atoms with Crippen LogP contribution in [0.4, 0.5) is 0 Å². The number of guanidine groups is 1. The maximum absolute atomic E-state index is 11.5. The minimum absolute atomic E-state index is 0. The van der Waals surface area contributed by atoms with Gasteiger partial charge in [-0.15, -0.1) is 24.0 Å². The van der Waals surface area contributed by atoms with Crippen molar-refractivity contribution in [1.82, 2.24) is 20.5 Å². The van der Waals surface area contributed by atoms with Crippen LogP contribution in [0.25, 0.3) is 10.9 Å². The number of carbonyl (C=O) groups is 1. The van der Waals surface area contributed by atoms with Gasteiger partial charge in [0, 0.05) is 57.8 Å². The third-order valence-corrected chi connectivity index (χ3v) is 5.14. The highest BCUT2D eigenvalue weighted by molar-refractivity contribution is 14.0. The zero-order valence-electron chi connectivity index (χ0n) is 16.1. The van der Waals surface area contributed by atoms with Gasteiger partial charge in [-0.25, -0.2) is 0 Å². The molecule has 3 rings (SSSR count). The van der Waals surface area contributed by atoms with Crippen molar-refractivity contribution in [3.63, 3.8) is 0 Å². The lowest BCUT2D eigenvalue weighted by Gasteiger charge is -2.34. The van der Waals surface area contributed by atoms with E-state index in [1.54, 1.807) is 7.05 Å². The Balaban J connectivity index is 0.00000261. The third-order valence-electron chi connectivity index (χ3n) is 5.14. The molecule has 0 bridgehead atoms. The van der Waals surface area contributed by atoms with Crippen LogP contribution in [-0.4, -0.2) is 55.5 Å². The molecule has 27 heavy (non-hydrogen) atoms. The summed E-state index contributed by atoms with van der Waals surface area (Å²) < 4.78 is 0. The van der Waals surface area contributed by atoms with Crippen LogP contribution >= 0.6 is 24.0 Å². The Hall–Kier alpha value is -1.77. The number of nitrogens with one attached hydrogen (secondary N) is 3. The first-order valence-electron chi connectivity index (χ1n) is 9.42. The van der Waals surface area contributed by atoms with E-state index in [0.29, 0.717) is 12.3 Å². The number of carbonyl (C=O) groups excluding carboxylic acids is 1. The van der Waals surface area contributed by atoms with Crippen LogP contribution < -0.4 is 10.6 Å². The van der Waals surface area contributed by atoms with E-state index in [1.807, 2.05) is 7.05 Å². The molecular formula is C20H30IN5O. The number of rotatable bonds is 5. The van der Waals surface area contributed by atoms with Gasteiger partial charge in [0.25, 0.3) is 0 Å². The lowest BCUT2D eigenvalue weighted by molar-refractivity contribution is -0.121. The number of hydrogen-bond donors (Lipinski definition) is 3. The summed E-state index contributed by atoms with van der Waals surface area (Å²) in [6.07, 6.45) is 3.64. The lowest BCUT2D eigenvalue weighted by atomic mass is 9.93. The van der Waals surface area contributed by atoms with Gasteiger partial charge in [-0.2, -0.15) is 0 Å². The quantitative estimate of drug-likeness (QED) is 0.348. The summed E-state index contributed by atoms with van der Waals surface area (Å²) in [7, 11) is 3.54. The maximum Gasteiger partial charge on any atom is 0.220 e. The largest absolute Gasteiger partial charge is 0.359 e. The SMILES string of the molecule is CN=C(NCCc1cc2ccccc2[nH]1)N1CCC(CC(=O)NC)CC1.I. The zero-order chi connectivity index (χ0) is 18.4. The molecule has 2 aromatic rings. The molecule has 1 amide bonds. The number of aromatic amines is 1. The van der Waals surface area contributed by atoms with Gasteiger partial charge in [-0.1, -0.05) is 18.2 Å². The van der Waals surface area contributed by atoms with E-state index in [-0.39, 0.29) is 29.9 Å². The second-order valence-corrected chi connectivity index (χ2v) is 6.91. The van der Waals surface area contributed by atoms with Crippen LogP contribution in [0.3, 0.4) is 0 Å². The molecule has 1 saturated heterocycles. The van der Waals surface area contributed by atoms with Crippen LogP contribution in [0.5, 0.6) is 0 Å². The van der Waals surface area contributed by atoms with E-state index in [2.05, 4.69) is 55.8 Å². The molecule has 1 aromatic heterocycles. The molecule has 1 aromatic carbocycles. The molecule has 1 aliphatic rings. The lowest BCUT2D eigenvalue weighted by Crippen LogP contribution is -2.46. The average Bonchev–Trinajstić information content (AvgIpc) is 3.09. The van der Waals surface area contributed by atoms with Crippen molar-refractivity contribution >= 4 is 46.7 Å². The smallest absolute Gasteiger partial charge is 0.220 e. The minimum atomic E-state index is 0. The number of halogens is 1. The summed E-state index contributed by atoms with van der Waals surface area (Å²) in [5.74, 6) is 1.58. The van der Waals surface area contributed by atoms with E-state index >= 15 is 0 Å². The van der Waals surface area contributed by atoms with Gasteiger partial charge in [0.05, 0.1) is 0 Å². The van der Waals surface area contributed by atoms with Crippen molar-refractivity contribution in [2.45, 2.75) is 25.7 Å². The first kappa shape index (κ1) is 21.5. The first-order chi connectivity index (χ1) is 12.7. The van der Waals surface area contributed by atoms with Gasteiger partial charge >= 0.3 is 0 Å². The number of aliphatic imine (C=N–C) groups is 1. The molecule has 1 fully saturated rings. The van der Waals surface area contributed by atoms with E-state index in [9.17, 15) is 4.79 Å². The Morgan fingerprint density at radius 3 is 2.70 bits per heavy atom. The molecular weight excluding hydrogens is 453 g/mol. The fourth-order valence-electron chi connectivity index (χ4n) is 3.62. The van der Waals surface area contributed by atoms with E-state index < -0.39 is 0 Å². The standard InChI is InChI=1S/C20H29N5O.HI/c1-21-19(26)13-15-8-11-25(12-9-15)20(22-2)23-10-7-17-14-16-5-3-4-6-18(16)24-17;/h3-6,14-15,24H,7-13H2,1-2H3,(H,21,26)(H,22,23);1H. The number of aromatic nitrogens is 1. The van der Waals surface area contributed by atoms with Gasteiger partial charge in [-0.3, -0.25) is 9.79 Å². The molecule has 2 heterocycles. The topological polar surface area (TPSA) is 72.5 Å². The van der Waals surface area contributed by atoms with Crippen LogP contribution in [0.1, 0.15) is 25.0 Å². The van der Waals surface area contributed by atoms with E-state index in [1.165, 1.54) is 16.6 Å². The summed E-state index contributed by atoms with van der Waals surface area (Å²) in [5, 5.41) is 7.45. The highest BCUT2D eigenvalue weighted by Crippen LogP contribution is 2.20. The number of para-hydroxylation sites is 1. The van der Waals surface area contributed by atoms with Gasteiger partial charge in [0.1, 0.15) is 0 Å². The molecule has 0 radical (unpaired) electrons. The summed E-state index contributed by atoms with van der Waals surface area (Å²) in [4.78, 5) is 21.7. The van der Waals surface area contributed by atoms with Gasteiger partial charge in [0.2, 0.25) is 5.91 Å². The number of fused-ring (bicyclic) bond motifs is 1. The molecule has 6 nitrogen and oxygen atoms in total. The Morgan fingerprint density at radius 1 is 1.30 bits per heavy atom. The summed E-state index contributed by atoms with van der Waals surface area (Å²) >= 11 is 0. The molecule has 1 aliphatic heterocycles. The monoisotopic (exact) mass is 483 g/mol. The molecule has 0 aliphatic carbocycles. The van der Waals surface area contributed by atoms with Crippen molar-refractivity contribution in [1.29, 1.82) is 0 Å². The fourth-order valence-corrected chi connectivity index (χ4v) is 3.62. The Kier molecular flexibility index (Phi) is 8.40. The number of hydrogen-bond acceptors (Lipinski definition) is 2. The molecule has 7 heteroatoms. The molecule has 0 saturated carbocycles. The van der Waals surface area contributed by atoms with Gasteiger partial charge in [-0.05, 0) is 36.3 Å². The van der Waals surface area contributed by atoms with Crippen molar-refractivity contribution in [3.05, 3.63) is 36.0 Å². The third kappa shape index (κ3) is 5.85. The minimum Gasteiger partial charge on any atom is -0.359 e. The van der Waals surface area contributed by atoms with Crippen molar-refractivity contribution in [2.24, 2.45) is 10.9 Å². The number of amides is 1. The molecule has 0 atom stereocenters. The Morgan fingerprint density at radius 2 is 2.04 bits per heavy atom. The normalized spacial score (nSPS) is 15.5. The number of benzene rings is 1. The fraction of sp³-hybridized carbons (Fsp3) is 0.500. The Bertz CT molecular complexity index is 732. The van der Waals surface area contributed by atoms with Crippen LogP contribution in [-0.2, 0) is 11.2 Å². The second kappa shape index (κ2) is 10.5. The van der Waals surface area contributed by atoms with E-state index in [4.69, 9.17) is 0 Å². The summed E-state index contributed by atoms with van der Waals surface area (Å²) in [6, 6.07) is 10.6.